The van der Waals surface area contributed by atoms with E-state index in [1.807, 2.05) is 89.8 Å². The van der Waals surface area contributed by atoms with Crippen molar-refractivity contribution in [3.63, 3.8) is 0 Å². The highest BCUT2D eigenvalue weighted by Crippen LogP contribution is 2.47. The summed E-state index contributed by atoms with van der Waals surface area (Å²) in [6, 6.07) is 26.9. The average Bonchev–Trinajstić information content (AvgIpc) is 2.76. The summed E-state index contributed by atoms with van der Waals surface area (Å²) in [5, 5.41) is 10.7. The van der Waals surface area contributed by atoms with Gasteiger partial charge in [-0.05, 0) is 41.8 Å². The molecule has 1 aliphatic rings. The third-order valence-corrected chi connectivity index (χ3v) is 5.37. The van der Waals surface area contributed by atoms with Crippen LogP contribution >= 0.6 is 0 Å². The maximum atomic E-state index is 13.0. The quantitative estimate of drug-likeness (QED) is 0.646. The molecule has 4 heteroatoms. The molecule has 28 heavy (non-hydrogen) atoms. The normalized spacial score (nSPS) is 19.8. The number of carbonyl (C=O) groups is 1. The number of benzene rings is 3. The molecular formula is C24H23NO3. The van der Waals surface area contributed by atoms with Gasteiger partial charge in [0.05, 0.1) is 25.2 Å². The zero-order valence-corrected chi connectivity index (χ0v) is 15.7. The number of para-hydroxylation sites is 1. The molecule has 0 radical (unpaired) electrons. The van der Waals surface area contributed by atoms with Crippen LogP contribution in [0.25, 0.3) is 0 Å². The summed E-state index contributed by atoms with van der Waals surface area (Å²) < 4.78 is 5.26. The molecule has 3 unspecified atom stereocenters. The Balaban J connectivity index is 1.63. The zero-order valence-electron chi connectivity index (χ0n) is 15.7. The molecule has 4 nitrogen and oxygen atoms in total. The molecule has 3 atom stereocenters. The average molecular weight is 373 g/mol. The van der Waals surface area contributed by atoms with Crippen molar-refractivity contribution < 1.29 is 14.6 Å². The van der Waals surface area contributed by atoms with Crippen LogP contribution in [-0.2, 0) is 4.79 Å². The number of aliphatic hydroxyl groups excluding tert-OH is 1. The van der Waals surface area contributed by atoms with Crippen LogP contribution in [-0.4, -0.2) is 18.1 Å². The summed E-state index contributed by atoms with van der Waals surface area (Å²) in [6.07, 6.45) is -0.281. The standard InChI is InChI=1S/C24H23NO3/c1-28-20-14-12-18(13-15-20)23-21(16-22(26)17-8-4-2-5-9-17)24(27)25(23)19-10-6-3-7-11-19/h2-15,21-23,26H,16H2,1H3. The lowest BCUT2D eigenvalue weighted by molar-refractivity contribution is -0.132. The Hall–Kier alpha value is -3.11. The van der Waals surface area contributed by atoms with Crippen molar-refractivity contribution in [1.29, 1.82) is 0 Å². The lowest BCUT2D eigenvalue weighted by Gasteiger charge is -2.48. The van der Waals surface area contributed by atoms with Crippen LogP contribution in [0.15, 0.2) is 84.9 Å². The van der Waals surface area contributed by atoms with Gasteiger partial charge in [0.25, 0.3) is 0 Å². The Bertz CT molecular complexity index is 925. The van der Waals surface area contributed by atoms with Crippen LogP contribution in [0, 0.1) is 5.92 Å². The van der Waals surface area contributed by atoms with Gasteiger partial charge < -0.3 is 14.7 Å². The Morgan fingerprint density at radius 3 is 2.14 bits per heavy atom. The van der Waals surface area contributed by atoms with E-state index in [1.165, 1.54) is 0 Å². The summed E-state index contributed by atoms with van der Waals surface area (Å²) in [4.78, 5) is 14.8. The molecule has 1 saturated heterocycles. The van der Waals surface area contributed by atoms with Gasteiger partial charge in [0.2, 0.25) is 5.91 Å². The zero-order chi connectivity index (χ0) is 19.5. The molecule has 0 bridgehead atoms. The van der Waals surface area contributed by atoms with Crippen molar-refractivity contribution in [2.45, 2.75) is 18.6 Å². The van der Waals surface area contributed by atoms with Crippen LogP contribution in [0.1, 0.15) is 29.7 Å². The van der Waals surface area contributed by atoms with Crippen molar-refractivity contribution in [3.8, 4) is 5.75 Å². The second-order valence-corrected chi connectivity index (χ2v) is 7.03. The number of rotatable bonds is 6. The smallest absolute Gasteiger partial charge is 0.233 e. The third kappa shape index (κ3) is 3.39. The maximum Gasteiger partial charge on any atom is 0.233 e. The molecule has 3 aromatic carbocycles. The van der Waals surface area contributed by atoms with E-state index in [0.29, 0.717) is 6.42 Å². The minimum absolute atomic E-state index is 0.0435. The first-order valence-corrected chi connectivity index (χ1v) is 9.44. The number of carbonyl (C=O) groups excluding carboxylic acids is 1. The highest BCUT2D eigenvalue weighted by atomic mass is 16.5. The highest BCUT2D eigenvalue weighted by Gasteiger charge is 2.49. The Kier molecular flexibility index (Phi) is 5.13. The van der Waals surface area contributed by atoms with Gasteiger partial charge in [-0.25, -0.2) is 0 Å². The van der Waals surface area contributed by atoms with Crippen molar-refractivity contribution in [1.82, 2.24) is 0 Å². The fourth-order valence-corrected chi connectivity index (χ4v) is 3.89. The number of methoxy groups -OCH3 is 1. The van der Waals surface area contributed by atoms with Crippen LogP contribution < -0.4 is 9.64 Å². The minimum Gasteiger partial charge on any atom is -0.497 e. The van der Waals surface area contributed by atoms with Gasteiger partial charge >= 0.3 is 0 Å². The van der Waals surface area contributed by atoms with Gasteiger partial charge in [-0.3, -0.25) is 4.79 Å². The van der Waals surface area contributed by atoms with Gasteiger partial charge in [0, 0.05) is 5.69 Å². The maximum absolute atomic E-state index is 13.0. The Labute approximate surface area is 165 Å². The lowest BCUT2D eigenvalue weighted by atomic mass is 9.77. The summed E-state index contributed by atoms with van der Waals surface area (Å²) in [5.41, 5.74) is 2.75. The minimum atomic E-state index is -0.672. The SMILES string of the molecule is COc1ccc(C2C(CC(O)c3ccccc3)C(=O)N2c2ccccc2)cc1. The van der Waals surface area contributed by atoms with E-state index in [0.717, 1.165) is 22.6 Å². The Morgan fingerprint density at radius 2 is 1.54 bits per heavy atom. The predicted molar refractivity (Wildman–Crippen MR) is 109 cm³/mol. The van der Waals surface area contributed by atoms with E-state index in [2.05, 4.69) is 0 Å². The van der Waals surface area contributed by atoms with Crippen LogP contribution in [0.2, 0.25) is 0 Å². The van der Waals surface area contributed by atoms with E-state index in [1.54, 1.807) is 7.11 Å². The van der Waals surface area contributed by atoms with Gasteiger partial charge in [-0.15, -0.1) is 0 Å². The molecule has 1 fully saturated rings. The van der Waals surface area contributed by atoms with Crippen LogP contribution in [0.3, 0.4) is 0 Å². The first-order valence-electron chi connectivity index (χ1n) is 9.44. The number of ether oxygens (including phenoxy) is 1. The Morgan fingerprint density at radius 1 is 0.929 bits per heavy atom. The first kappa shape index (κ1) is 18.3. The van der Waals surface area contributed by atoms with Gasteiger partial charge in [0.15, 0.2) is 0 Å². The van der Waals surface area contributed by atoms with E-state index in [-0.39, 0.29) is 17.9 Å². The van der Waals surface area contributed by atoms with Crippen LogP contribution in [0.4, 0.5) is 5.69 Å². The number of aliphatic hydroxyl groups is 1. The summed E-state index contributed by atoms with van der Waals surface area (Å²) in [6.45, 7) is 0. The number of amides is 1. The third-order valence-electron chi connectivity index (χ3n) is 5.37. The van der Waals surface area contributed by atoms with E-state index in [4.69, 9.17) is 4.74 Å². The molecule has 0 saturated carbocycles. The second-order valence-electron chi connectivity index (χ2n) is 7.03. The first-order chi connectivity index (χ1) is 13.7. The van der Waals surface area contributed by atoms with Crippen molar-refractivity contribution in [2.24, 2.45) is 5.92 Å². The van der Waals surface area contributed by atoms with Gasteiger partial charge in [0.1, 0.15) is 5.75 Å². The fourth-order valence-electron chi connectivity index (χ4n) is 3.89. The molecule has 1 N–H and O–H groups in total. The fraction of sp³-hybridized carbons (Fsp3) is 0.208. The molecule has 3 aromatic rings. The molecule has 1 amide bonds. The second kappa shape index (κ2) is 7.87. The summed E-state index contributed by atoms with van der Waals surface area (Å²) in [7, 11) is 1.64. The number of anilines is 1. The van der Waals surface area contributed by atoms with E-state index >= 15 is 0 Å². The molecule has 0 spiro atoms. The van der Waals surface area contributed by atoms with Crippen molar-refractivity contribution in [3.05, 3.63) is 96.1 Å². The number of β-lactam (4-membered cyclic amide) rings is 1. The van der Waals surface area contributed by atoms with Crippen molar-refractivity contribution in [2.75, 3.05) is 12.0 Å². The number of hydrogen-bond acceptors (Lipinski definition) is 3. The van der Waals surface area contributed by atoms with E-state index in [9.17, 15) is 9.90 Å². The monoisotopic (exact) mass is 373 g/mol. The lowest BCUT2D eigenvalue weighted by Crippen LogP contribution is -2.55. The van der Waals surface area contributed by atoms with Crippen molar-refractivity contribution >= 4 is 11.6 Å². The number of nitrogens with zero attached hydrogens (tertiary/aromatic N) is 1. The predicted octanol–water partition coefficient (Wildman–Crippen LogP) is 4.52. The molecule has 142 valence electrons. The molecule has 0 aromatic heterocycles. The summed E-state index contributed by atoms with van der Waals surface area (Å²) >= 11 is 0. The largest absolute Gasteiger partial charge is 0.497 e. The van der Waals surface area contributed by atoms with Crippen LogP contribution in [0.5, 0.6) is 5.75 Å². The van der Waals surface area contributed by atoms with Gasteiger partial charge in [-0.1, -0.05) is 60.7 Å². The topological polar surface area (TPSA) is 49.8 Å². The van der Waals surface area contributed by atoms with Gasteiger partial charge in [-0.2, -0.15) is 0 Å². The summed E-state index contributed by atoms with van der Waals surface area (Å²) in [5.74, 6) is 0.548. The molecule has 0 aliphatic carbocycles. The van der Waals surface area contributed by atoms with E-state index < -0.39 is 6.10 Å². The molecule has 1 heterocycles. The highest BCUT2D eigenvalue weighted by molar-refractivity contribution is 6.03. The molecular weight excluding hydrogens is 350 g/mol. The molecule has 4 rings (SSSR count). The number of hydrogen-bond donors (Lipinski definition) is 1. The molecule has 1 aliphatic heterocycles.